The molecule has 2 atom stereocenters. The second-order valence-corrected chi connectivity index (χ2v) is 5.51. The Bertz CT molecular complexity index is 454. The third-order valence-electron chi connectivity index (χ3n) is 3.95. The van der Waals surface area contributed by atoms with Gasteiger partial charge in [0.15, 0.2) is 0 Å². The third kappa shape index (κ3) is 2.41. The minimum absolute atomic E-state index is 0.0848. The predicted molar refractivity (Wildman–Crippen MR) is 71.5 cm³/mol. The van der Waals surface area contributed by atoms with Crippen molar-refractivity contribution in [3.63, 3.8) is 0 Å². The smallest absolute Gasteiger partial charge is 0.237 e. The van der Waals surface area contributed by atoms with E-state index in [0.717, 1.165) is 25.8 Å². The molecule has 1 aromatic carbocycles. The number of fused-ring (bicyclic) bond motifs is 1. The molecule has 2 aliphatic rings. The highest BCUT2D eigenvalue weighted by Gasteiger charge is 2.28. The summed E-state index contributed by atoms with van der Waals surface area (Å²) in [6.45, 7) is 2.85. The van der Waals surface area contributed by atoms with E-state index in [9.17, 15) is 4.79 Å². The molecule has 1 amide bonds. The van der Waals surface area contributed by atoms with E-state index in [-0.39, 0.29) is 11.9 Å². The van der Waals surface area contributed by atoms with Gasteiger partial charge < -0.3 is 10.6 Å². The van der Waals surface area contributed by atoms with Gasteiger partial charge in [-0.1, -0.05) is 24.3 Å². The number of nitrogens with one attached hydrogen (secondary N) is 2. The van der Waals surface area contributed by atoms with Crippen molar-refractivity contribution in [3.8, 4) is 0 Å². The molecule has 96 valence electrons. The molecule has 18 heavy (non-hydrogen) atoms. The van der Waals surface area contributed by atoms with Gasteiger partial charge in [0.25, 0.3) is 0 Å². The fourth-order valence-electron chi connectivity index (χ4n) is 2.51. The maximum atomic E-state index is 11.8. The summed E-state index contributed by atoms with van der Waals surface area (Å²) < 4.78 is 0. The summed E-state index contributed by atoms with van der Waals surface area (Å²) in [6, 6.07) is 8.93. The molecule has 3 nitrogen and oxygen atoms in total. The second-order valence-electron chi connectivity index (χ2n) is 5.51. The third-order valence-corrected chi connectivity index (χ3v) is 3.95. The van der Waals surface area contributed by atoms with Gasteiger partial charge in [-0.15, -0.1) is 0 Å². The highest BCUT2D eigenvalue weighted by atomic mass is 16.2. The van der Waals surface area contributed by atoms with Crippen LogP contribution in [-0.4, -0.2) is 24.5 Å². The van der Waals surface area contributed by atoms with E-state index < -0.39 is 0 Å². The molecule has 1 fully saturated rings. The Balaban J connectivity index is 1.46. The first kappa shape index (κ1) is 11.7. The van der Waals surface area contributed by atoms with Crippen LogP contribution in [0.3, 0.4) is 0 Å². The number of amides is 1. The Kier molecular flexibility index (Phi) is 3.08. The fourth-order valence-corrected chi connectivity index (χ4v) is 2.51. The summed E-state index contributed by atoms with van der Waals surface area (Å²) in [4.78, 5) is 11.8. The Labute approximate surface area is 108 Å². The van der Waals surface area contributed by atoms with E-state index in [2.05, 4.69) is 34.9 Å². The van der Waals surface area contributed by atoms with Gasteiger partial charge in [-0.05, 0) is 37.3 Å². The van der Waals surface area contributed by atoms with Gasteiger partial charge in [0.1, 0.15) is 0 Å². The first-order valence-corrected chi connectivity index (χ1v) is 6.85. The van der Waals surface area contributed by atoms with Crippen LogP contribution in [0.5, 0.6) is 0 Å². The zero-order valence-corrected chi connectivity index (χ0v) is 10.8. The normalized spacial score (nSPS) is 22.8. The molecule has 1 aromatic rings. The van der Waals surface area contributed by atoms with Crippen LogP contribution in [0, 0.1) is 0 Å². The molecular formula is C15H20N2O. The minimum atomic E-state index is -0.0848. The SMILES string of the molecule is CC(NCC1Cc2ccccc21)C(=O)NC1CC1. The molecule has 2 aliphatic carbocycles. The summed E-state index contributed by atoms with van der Waals surface area (Å²) in [7, 11) is 0. The number of hydrogen-bond donors (Lipinski definition) is 2. The van der Waals surface area contributed by atoms with Gasteiger partial charge >= 0.3 is 0 Å². The van der Waals surface area contributed by atoms with E-state index in [4.69, 9.17) is 0 Å². The first-order chi connectivity index (χ1) is 8.74. The van der Waals surface area contributed by atoms with Crippen molar-refractivity contribution in [1.82, 2.24) is 10.6 Å². The largest absolute Gasteiger partial charge is 0.352 e. The molecular weight excluding hydrogens is 224 g/mol. The van der Waals surface area contributed by atoms with E-state index in [1.54, 1.807) is 0 Å². The van der Waals surface area contributed by atoms with Crippen LogP contribution in [0.15, 0.2) is 24.3 Å². The van der Waals surface area contributed by atoms with Crippen molar-refractivity contribution in [3.05, 3.63) is 35.4 Å². The van der Waals surface area contributed by atoms with Crippen molar-refractivity contribution >= 4 is 5.91 Å². The number of carbonyl (C=O) groups is 1. The van der Waals surface area contributed by atoms with Crippen LogP contribution in [0.1, 0.15) is 36.8 Å². The predicted octanol–water partition coefficient (Wildman–Crippen LogP) is 1.58. The highest BCUT2D eigenvalue weighted by Crippen LogP contribution is 2.34. The molecule has 0 aromatic heterocycles. The minimum Gasteiger partial charge on any atom is -0.352 e. The van der Waals surface area contributed by atoms with Crippen LogP contribution in [0.4, 0.5) is 0 Å². The van der Waals surface area contributed by atoms with Gasteiger partial charge in [0.2, 0.25) is 5.91 Å². The molecule has 0 saturated heterocycles. The Hall–Kier alpha value is -1.35. The van der Waals surface area contributed by atoms with Crippen LogP contribution >= 0.6 is 0 Å². The van der Waals surface area contributed by atoms with Crippen molar-refractivity contribution in [2.75, 3.05) is 6.54 Å². The number of rotatable bonds is 5. The number of hydrogen-bond acceptors (Lipinski definition) is 2. The number of carbonyl (C=O) groups excluding carboxylic acids is 1. The van der Waals surface area contributed by atoms with Crippen LogP contribution < -0.4 is 10.6 Å². The lowest BCUT2D eigenvalue weighted by Gasteiger charge is -2.31. The van der Waals surface area contributed by atoms with Crippen LogP contribution in [-0.2, 0) is 11.2 Å². The standard InChI is InChI=1S/C15H20N2O/c1-10(15(18)17-13-6-7-13)16-9-12-8-11-4-2-3-5-14(11)12/h2-5,10,12-13,16H,6-9H2,1H3,(H,17,18). The maximum Gasteiger partial charge on any atom is 0.237 e. The molecule has 0 heterocycles. The van der Waals surface area contributed by atoms with Crippen molar-refractivity contribution in [2.45, 2.75) is 44.2 Å². The maximum absolute atomic E-state index is 11.8. The summed E-state index contributed by atoms with van der Waals surface area (Å²) in [5.41, 5.74) is 2.90. The van der Waals surface area contributed by atoms with Crippen molar-refractivity contribution in [1.29, 1.82) is 0 Å². The molecule has 1 saturated carbocycles. The summed E-state index contributed by atoms with van der Waals surface area (Å²) in [5, 5.41) is 6.38. The quantitative estimate of drug-likeness (QED) is 0.825. The monoisotopic (exact) mass is 244 g/mol. The Morgan fingerprint density at radius 2 is 2.17 bits per heavy atom. The zero-order valence-electron chi connectivity index (χ0n) is 10.8. The van der Waals surface area contributed by atoms with Gasteiger partial charge in [-0.25, -0.2) is 0 Å². The summed E-state index contributed by atoms with van der Waals surface area (Å²) >= 11 is 0. The van der Waals surface area contributed by atoms with Crippen LogP contribution in [0.2, 0.25) is 0 Å². The topological polar surface area (TPSA) is 41.1 Å². The Morgan fingerprint density at radius 3 is 2.89 bits per heavy atom. The Morgan fingerprint density at radius 1 is 1.39 bits per heavy atom. The lowest BCUT2D eigenvalue weighted by molar-refractivity contribution is -0.122. The highest BCUT2D eigenvalue weighted by molar-refractivity contribution is 5.81. The lowest BCUT2D eigenvalue weighted by atomic mass is 9.77. The summed E-state index contributed by atoms with van der Waals surface area (Å²) in [5.74, 6) is 0.725. The molecule has 0 bridgehead atoms. The summed E-state index contributed by atoms with van der Waals surface area (Å²) in [6.07, 6.45) is 3.43. The second kappa shape index (κ2) is 4.73. The average Bonchev–Trinajstić information content (AvgIpc) is 3.14. The van der Waals surface area contributed by atoms with E-state index in [0.29, 0.717) is 12.0 Å². The van der Waals surface area contributed by atoms with E-state index >= 15 is 0 Å². The first-order valence-electron chi connectivity index (χ1n) is 6.85. The van der Waals surface area contributed by atoms with Crippen molar-refractivity contribution in [2.24, 2.45) is 0 Å². The van der Waals surface area contributed by atoms with Gasteiger partial charge in [0.05, 0.1) is 6.04 Å². The zero-order chi connectivity index (χ0) is 12.5. The molecule has 2 unspecified atom stereocenters. The van der Waals surface area contributed by atoms with Gasteiger partial charge in [-0.3, -0.25) is 4.79 Å². The van der Waals surface area contributed by atoms with Gasteiger partial charge in [0, 0.05) is 18.5 Å². The lowest BCUT2D eigenvalue weighted by Crippen LogP contribution is -2.45. The molecule has 2 N–H and O–H groups in total. The van der Waals surface area contributed by atoms with E-state index in [1.165, 1.54) is 11.1 Å². The molecule has 3 rings (SSSR count). The average molecular weight is 244 g/mol. The molecule has 3 heteroatoms. The fraction of sp³-hybridized carbons (Fsp3) is 0.533. The van der Waals surface area contributed by atoms with E-state index in [1.807, 2.05) is 6.92 Å². The molecule has 0 spiro atoms. The van der Waals surface area contributed by atoms with Gasteiger partial charge in [-0.2, -0.15) is 0 Å². The number of benzene rings is 1. The molecule has 0 radical (unpaired) electrons. The van der Waals surface area contributed by atoms with Crippen molar-refractivity contribution < 1.29 is 4.79 Å². The molecule has 0 aliphatic heterocycles. The van der Waals surface area contributed by atoms with Crippen LogP contribution in [0.25, 0.3) is 0 Å².